The second-order valence-corrected chi connectivity index (χ2v) is 6.73. The molecule has 0 aromatic heterocycles. The van der Waals surface area contributed by atoms with E-state index in [0.29, 0.717) is 13.0 Å². The van der Waals surface area contributed by atoms with Crippen LogP contribution in [-0.2, 0) is 20.4 Å². The van der Waals surface area contributed by atoms with Crippen molar-refractivity contribution in [3.63, 3.8) is 0 Å². The molecular weight excluding hydrogens is 298 g/mol. The highest BCUT2D eigenvalue weighted by atomic mass is 35.7. The summed E-state index contributed by atoms with van der Waals surface area (Å²) in [7, 11) is 1.60. The summed E-state index contributed by atoms with van der Waals surface area (Å²) in [4.78, 5) is 10.3. The SMILES string of the molecule is O=CNCc1ccc(-c2cccc(S(=O)(=O)Cl)c2)cc1. The van der Waals surface area contributed by atoms with Gasteiger partial charge in [-0.2, -0.15) is 0 Å². The van der Waals surface area contributed by atoms with Crippen LogP contribution >= 0.6 is 10.7 Å². The zero-order chi connectivity index (χ0) is 14.6. The number of amides is 1. The van der Waals surface area contributed by atoms with Crippen LogP contribution in [0.3, 0.4) is 0 Å². The van der Waals surface area contributed by atoms with Crippen LogP contribution in [0.1, 0.15) is 5.56 Å². The summed E-state index contributed by atoms with van der Waals surface area (Å²) in [6.07, 6.45) is 0.642. The molecule has 0 bridgehead atoms. The normalized spacial score (nSPS) is 11.1. The molecule has 2 rings (SSSR count). The van der Waals surface area contributed by atoms with E-state index in [0.717, 1.165) is 16.7 Å². The fraction of sp³-hybridized carbons (Fsp3) is 0.0714. The maximum atomic E-state index is 11.3. The van der Waals surface area contributed by atoms with Gasteiger partial charge in [0.25, 0.3) is 9.05 Å². The van der Waals surface area contributed by atoms with Crippen molar-refractivity contribution in [3.05, 3.63) is 54.1 Å². The molecule has 0 aliphatic heterocycles. The van der Waals surface area contributed by atoms with Crippen LogP contribution in [-0.4, -0.2) is 14.8 Å². The fourth-order valence-corrected chi connectivity index (χ4v) is 2.60. The lowest BCUT2D eigenvalue weighted by Crippen LogP contribution is -2.09. The third kappa shape index (κ3) is 3.59. The lowest BCUT2D eigenvalue weighted by atomic mass is 10.0. The molecule has 20 heavy (non-hydrogen) atoms. The van der Waals surface area contributed by atoms with Crippen LogP contribution < -0.4 is 5.32 Å². The highest BCUT2D eigenvalue weighted by Gasteiger charge is 2.10. The zero-order valence-corrected chi connectivity index (χ0v) is 12.0. The molecule has 2 aromatic carbocycles. The maximum Gasteiger partial charge on any atom is 0.261 e. The van der Waals surface area contributed by atoms with Gasteiger partial charge in [-0.3, -0.25) is 4.79 Å². The minimum absolute atomic E-state index is 0.0726. The molecule has 0 aliphatic carbocycles. The Balaban J connectivity index is 2.30. The van der Waals surface area contributed by atoms with Gasteiger partial charge in [-0.25, -0.2) is 8.42 Å². The van der Waals surface area contributed by atoms with Crippen molar-refractivity contribution in [3.8, 4) is 11.1 Å². The number of carbonyl (C=O) groups is 1. The Labute approximate surface area is 121 Å². The summed E-state index contributed by atoms with van der Waals surface area (Å²) in [5, 5.41) is 2.58. The first-order valence-corrected chi connectivity index (χ1v) is 8.13. The summed E-state index contributed by atoms with van der Waals surface area (Å²) in [5.41, 5.74) is 2.60. The molecule has 0 heterocycles. The molecule has 0 saturated heterocycles. The molecule has 2 aromatic rings. The Kier molecular flexibility index (Phi) is 4.42. The van der Waals surface area contributed by atoms with Gasteiger partial charge in [-0.15, -0.1) is 0 Å². The van der Waals surface area contributed by atoms with E-state index in [2.05, 4.69) is 5.32 Å². The second kappa shape index (κ2) is 6.07. The molecule has 1 N–H and O–H groups in total. The number of nitrogens with one attached hydrogen (secondary N) is 1. The number of halogens is 1. The molecule has 0 aliphatic rings. The van der Waals surface area contributed by atoms with Crippen LogP contribution in [0.5, 0.6) is 0 Å². The summed E-state index contributed by atoms with van der Waals surface area (Å²) in [5.74, 6) is 0. The first-order valence-electron chi connectivity index (χ1n) is 5.82. The molecule has 1 amide bonds. The van der Waals surface area contributed by atoms with Gasteiger partial charge in [0.1, 0.15) is 0 Å². The van der Waals surface area contributed by atoms with Gasteiger partial charge < -0.3 is 5.32 Å². The Bertz CT molecular complexity index is 711. The average Bonchev–Trinajstić information content (AvgIpc) is 2.45. The molecule has 0 spiro atoms. The lowest BCUT2D eigenvalue weighted by molar-refractivity contribution is -0.109. The number of carbonyl (C=O) groups excluding carboxylic acids is 1. The summed E-state index contributed by atoms with van der Waals surface area (Å²) >= 11 is 0. The highest BCUT2D eigenvalue weighted by Crippen LogP contribution is 2.24. The summed E-state index contributed by atoms with van der Waals surface area (Å²) in [6, 6.07) is 13.9. The summed E-state index contributed by atoms with van der Waals surface area (Å²) < 4.78 is 22.6. The van der Waals surface area contributed by atoms with Crippen molar-refractivity contribution in [2.24, 2.45) is 0 Å². The predicted molar refractivity (Wildman–Crippen MR) is 77.8 cm³/mol. The molecule has 4 nitrogen and oxygen atoms in total. The minimum Gasteiger partial charge on any atom is -0.355 e. The molecule has 0 radical (unpaired) electrons. The van der Waals surface area contributed by atoms with E-state index in [1.54, 1.807) is 6.07 Å². The third-order valence-corrected chi connectivity index (χ3v) is 4.14. The van der Waals surface area contributed by atoms with Crippen LogP contribution in [0.25, 0.3) is 11.1 Å². The standard InChI is InChI=1S/C14H12ClNO3S/c15-20(18,19)14-3-1-2-13(8-14)12-6-4-11(5-7-12)9-16-10-17/h1-8,10H,9H2,(H,16,17). The Hall–Kier alpha value is -1.85. The van der Waals surface area contributed by atoms with Crippen molar-refractivity contribution in [2.45, 2.75) is 11.4 Å². The zero-order valence-electron chi connectivity index (χ0n) is 10.4. The van der Waals surface area contributed by atoms with Crippen LogP contribution in [0.4, 0.5) is 0 Å². The van der Waals surface area contributed by atoms with Crippen molar-refractivity contribution >= 4 is 26.1 Å². The largest absolute Gasteiger partial charge is 0.355 e. The van der Waals surface area contributed by atoms with Crippen molar-refractivity contribution in [2.75, 3.05) is 0 Å². The van der Waals surface area contributed by atoms with Gasteiger partial charge in [-0.1, -0.05) is 36.4 Å². The lowest BCUT2D eigenvalue weighted by Gasteiger charge is -2.05. The number of hydrogen-bond acceptors (Lipinski definition) is 3. The second-order valence-electron chi connectivity index (χ2n) is 4.16. The number of benzene rings is 2. The molecular formula is C14H12ClNO3S. The van der Waals surface area contributed by atoms with Gasteiger partial charge in [0.2, 0.25) is 6.41 Å². The van der Waals surface area contributed by atoms with Crippen LogP contribution in [0, 0.1) is 0 Å². The molecule has 0 unspecified atom stereocenters. The van der Waals surface area contributed by atoms with E-state index in [4.69, 9.17) is 10.7 Å². The monoisotopic (exact) mass is 309 g/mol. The first-order chi connectivity index (χ1) is 9.50. The minimum atomic E-state index is -3.73. The van der Waals surface area contributed by atoms with E-state index < -0.39 is 9.05 Å². The van der Waals surface area contributed by atoms with E-state index in [1.807, 2.05) is 30.3 Å². The Morgan fingerprint density at radius 1 is 1.05 bits per heavy atom. The van der Waals surface area contributed by atoms with Crippen molar-refractivity contribution < 1.29 is 13.2 Å². The van der Waals surface area contributed by atoms with E-state index in [-0.39, 0.29) is 4.90 Å². The molecule has 0 saturated carbocycles. The quantitative estimate of drug-likeness (QED) is 0.682. The Morgan fingerprint density at radius 2 is 1.75 bits per heavy atom. The molecule has 0 fully saturated rings. The first kappa shape index (κ1) is 14.6. The van der Waals surface area contributed by atoms with Gasteiger partial charge in [0.05, 0.1) is 4.90 Å². The molecule has 6 heteroatoms. The van der Waals surface area contributed by atoms with Gasteiger partial charge in [0, 0.05) is 17.2 Å². The van der Waals surface area contributed by atoms with Crippen molar-refractivity contribution in [1.29, 1.82) is 0 Å². The topological polar surface area (TPSA) is 63.2 Å². The maximum absolute atomic E-state index is 11.3. The highest BCUT2D eigenvalue weighted by molar-refractivity contribution is 8.13. The van der Waals surface area contributed by atoms with E-state index in [1.165, 1.54) is 12.1 Å². The molecule has 104 valence electrons. The number of hydrogen-bond donors (Lipinski definition) is 1. The van der Waals surface area contributed by atoms with Gasteiger partial charge in [-0.05, 0) is 28.8 Å². The van der Waals surface area contributed by atoms with Crippen LogP contribution in [0.2, 0.25) is 0 Å². The van der Waals surface area contributed by atoms with E-state index in [9.17, 15) is 13.2 Å². The smallest absolute Gasteiger partial charge is 0.261 e. The van der Waals surface area contributed by atoms with Crippen LogP contribution in [0.15, 0.2) is 53.4 Å². The third-order valence-electron chi connectivity index (χ3n) is 2.79. The molecule has 0 atom stereocenters. The Morgan fingerprint density at radius 3 is 2.35 bits per heavy atom. The van der Waals surface area contributed by atoms with E-state index >= 15 is 0 Å². The summed E-state index contributed by atoms with van der Waals surface area (Å²) in [6.45, 7) is 0.458. The van der Waals surface area contributed by atoms with Gasteiger partial charge in [0.15, 0.2) is 0 Å². The average molecular weight is 310 g/mol. The predicted octanol–water partition coefficient (Wildman–Crippen LogP) is 2.53. The fourth-order valence-electron chi connectivity index (χ4n) is 1.80. The van der Waals surface area contributed by atoms with Gasteiger partial charge >= 0.3 is 0 Å². The van der Waals surface area contributed by atoms with Crippen molar-refractivity contribution in [1.82, 2.24) is 5.32 Å². The number of rotatable bonds is 5.